The lowest BCUT2D eigenvalue weighted by Crippen LogP contribution is -2.31. The van der Waals surface area contributed by atoms with Crippen molar-refractivity contribution in [2.75, 3.05) is 0 Å². The minimum absolute atomic E-state index is 0.00537. The molecule has 0 aliphatic heterocycles. The number of halogens is 3. The molecule has 3 rings (SSSR count). The number of benzene rings is 2. The summed E-state index contributed by atoms with van der Waals surface area (Å²) >= 11 is 0. The Hall–Kier alpha value is -3.95. The second kappa shape index (κ2) is 8.66. The first kappa shape index (κ1) is 22.7. The number of alkyl halides is 3. The van der Waals surface area contributed by atoms with E-state index in [2.05, 4.69) is 10.4 Å². The van der Waals surface area contributed by atoms with Crippen molar-refractivity contribution in [3.63, 3.8) is 0 Å². The number of carbonyl (C=O) groups excluding carboxylic acids is 3. The van der Waals surface area contributed by atoms with Gasteiger partial charge in [0, 0.05) is 12.1 Å². The predicted molar refractivity (Wildman–Crippen MR) is 109 cm³/mol. The van der Waals surface area contributed by atoms with Gasteiger partial charge in [-0.05, 0) is 49.7 Å². The van der Waals surface area contributed by atoms with Crippen LogP contribution in [0.25, 0.3) is 5.69 Å². The molecule has 166 valence electrons. The van der Waals surface area contributed by atoms with Gasteiger partial charge in [-0.15, -0.1) is 0 Å². The van der Waals surface area contributed by atoms with E-state index in [0.29, 0.717) is 5.56 Å². The lowest BCUT2D eigenvalue weighted by Gasteiger charge is -2.10. The van der Waals surface area contributed by atoms with E-state index in [1.165, 1.54) is 42.8 Å². The third kappa shape index (κ3) is 4.69. The fourth-order valence-electron chi connectivity index (χ4n) is 3.25. The van der Waals surface area contributed by atoms with Crippen molar-refractivity contribution >= 4 is 17.6 Å². The molecule has 1 aromatic heterocycles. The predicted octanol–water partition coefficient (Wildman–Crippen LogP) is 3.11. The number of primary amides is 1. The molecule has 2 aromatic carbocycles. The first-order chi connectivity index (χ1) is 15.0. The van der Waals surface area contributed by atoms with E-state index in [0.717, 1.165) is 12.1 Å². The van der Waals surface area contributed by atoms with E-state index in [1.807, 2.05) is 0 Å². The molecule has 32 heavy (non-hydrogen) atoms. The number of rotatable bonds is 6. The average Bonchev–Trinajstić information content (AvgIpc) is 3.05. The van der Waals surface area contributed by atoms with Crippen molar-refractivity contribution in [1.29, 1.82) is 0 Å². The van der Waals surface area contributed by atoms with Crippen molar-refractivity contribution in [2.45, 2.75) is 26.6 Å². The van der Waals surface area contributed by atoms with Crippen LogP contribution < -0.4 is 11.1 Å². The Kier molecular flexibility index (Phi) is 6.15. The number of nitrogens with zero attached hydrogens (tertiary/aromatic N) is 2. The Bertz CT molecular complexity index is 1220. The highest BCUT2D eigenvalue weighted by atomic mass is 19.4. The maximum absolute atomic E-state index is 13.0. The van der Waals surface area contributed by atoms with Gasteiger partial charge in [0.05, 0.1) is 28.2 Å². The number of Topliss-reactive ketones (excluding diaryl/α,β-unsaturated/α-hetero) is 1. The first-order valence-corrected chi connectivity index (χ1v) is 9.44. The van der Waals surface area contributed by atoms with Crippen LogP contribution in [0.5, 0.6) is 0 Å². The van der Waals surface area contributed by atoms with Crippen LogP contribution in [0.3, 0.4) is 0 Å². The van der Waals surface area contributed by atoms with E-state index in [4.69, 9.17) is 5.73 Å². The molecule has 10 heteroatoms. The van der Waals surface area contributed by atoms with Gasteiger partial charge in [0.25, 0.3) is 11.7 Å². The molecule has 0 atom stereocenters. The zero-order valence-corrected chi connectivity index (χ0v) is 17.2. The van der Waals surface area contributed by atoms with Gasteiger partial charge in [0.15, 0.2) is 0 Å². The molecular formula is C22H19F3N4O3. The Morgan fingerprint density at radius 2 is 1.75 bits per heavy atom. The fraction of sp³-hybridized carbons (Fsp3) is 0.182. The standard InChI is InChI=1S/C22H19F3N4O3/c1-12-18(13(2)29(28-12)17-8-4-7-16(10-17)22(23,24)25)19(30)21(32)27-11-14-5-3-6-15(9-14)20(26)31/h3-10H,11H2,1-2H3,(H2,26,31)(H,27,32). The molecule has 3 aromatic rings. The monoisotopic (exact) mass is 444 g/mol. The number of hydrogen-bond acceptors (Lipinski definition) is 4. The Balaban J connectivity index is 1.82. The molecule has 3 N–H and O–H groups in total. The molecule has 0 radical (unpaired) electrons. The highest BCUT2D eigenvalue weighted by Gasteiger charge is 2.31. The van der Waals surface area contributed by atoms with Crippen LogP contribution in [-0.2, 0) is 17.5 Å². The third-order valence-corrected chi connectivity index (χ3v) is 4.81. The second-order valence-corrected chi connectivity index (χ2v) is 7.08. The Morgan fingerprint density at radius 1 is 1.06 bits per heavy atom. The van der Waals surface area contributed by atoms with Gasteiger partial charge in [0.1, 0.15) is 0 Å². The lowest BCUT2D eigenvalue weighted by molar-refractivity contribution is -0.137. The average molecular weight is 444 g/mol. The highest BCUT2D eigenvalue weighted by molar-refractivity contribution is 6.43. The molecule has 0 spiro atoms. The van der Waals surface area contributed by atoms with Gasteiger partial charge in [0.2, 0.25) is 5.91 Å². The van der Waals surface area contributed by atoms with Crippen LogP contribution in [0.2, 0.25) is 0 Å². The third-order valence-electron chi connectivity index (χ3n) is 4.81. The number of aryl methyl sites for hydroxylation is 1. The summed E-state index contributed by atoms with van der Waals surface area (Å²) in [4.78, 5) is 36.4. The van der Waals surface area contributed by atoms with Gasteiger partial charge in [-0.25, -0.2) is 4.68 Å². The second-order valence-electron chi connectivity index (χ2n) is 7.08. The number of amides is 2. The molecule has 0 unspecified atom stereocenters. The maximum Gasteiger partial charge on any atom is 0.416 e. The van der Waals surface area contributed by atoms with E-state index in [9.17, 15) is 27.6 Å². The number of ketones is 1. The number of hydrogen-bond donors (Lipinski definition) is 2. The summed E-state index contributed by atoms with van der Waals surface area (Å²) in [6.07, 6.45) is -4.53. The van der Waals surface area contributed by atoms with Crippen LogP contribution in [-0.4, -0.2) is 27.4 Å². The normalized spacial score (nSPS) is 11.3. The van der Waals surface area contributed by atoms with Crippen molar-refractivity contribution in [2.24, 2.45) is 5.73 Å². The van der Waals surface area contributed by atoms with Gasteiger partial charge in [-0.2, -0.15) is 18.3 Å². The van der Waals surface area contributed by atoms with Crippen LogP contribution in [0, 0.1) is 13.8 Å². The van der Waals surface area contributed by atoms with E-state index in [-0.39, 0.29) is 34.7 Å². The zero-order chi connectivity index (χ0) is 23.6. The molecule has 1 heterocycles. The highest BCUT2D eigenvalue weighted by Crippen LogP contribution is 2.31. The maximum atomic E-state index is 13.0. The first-order valence-electron chi connectivity index (χ1n) is 9.44. The molecule has 7 nitrogen and oxygen atoms in total. The van der Waals surface area contributed by atoms with Crippen molar-refractivity contribution in [3.05, 3.63) is 82.2 Å². The van der Waals surface area contributed by atoms with Gasteiger partial charge < -0.3 is 11.1 Å². The van der Waals surface area contributed by atoms with Crippen molar-refractivity contribution in [1.82, 2.24) is 15.1 Å². The van der Waals surface area contributed by atoms with E-state index >= 15 is 0 Å². The summed E-state index contributed by atoms with van der Waals surface area (Å²) in [6, 6.07) is 10.8. The molecular weight excluding hydrogens is 425 g/mol. The molecule has 0 bridgehead atoms. The summed E-state index contributed by atoms with van der Waals surface area (Å²) in [5.41, 5.74) is 5.76. The number of aromatic nitrogens is 2. The Morgan fingerprint density at radius 3 is 2.41 bits per heavy atom. The van der Waals surface area contributed by atoms with Gasteiger partial charge in [-0.1, -0.05) is 18.2 Å². The number of carbonyl (C=O) groups is 3. The topological polar surface area (TPSA) is 107 Å². The quantitative estimate of drug-likeness (QED) is 0.450. The summed E-state index contributed by atoms with van der Waals surface area (Å²) in [6.45, 7) is 2.97. The van der Waals surface area contributed by atoms with Gasteiger partial charge in [-0.3, -0.25) is 14.4 Å². The molecule has 0 saturated carbocycles. The fourth-order valence-corrected chi connectivity index (χ4v) is 3.25. The van der Waals surface area contributed by atoms with Crippen LogP contribution in [0.15, 0.2) is 48.5 Å². The molecule has 0 saturated heterocycles. The minimum atomic E-state index is -4.53. The molecule has 0 aliphatic carbocycles. The van der Waals surface area contributed by atoms with Crippen LogP contribution in [0.4, 0.5) is 13.2 Å². The van der Waals surface area contributed by atoms with Crippen molar-refractivity contribution in [3.8, 4) is 5.69 Å². The van der Waals surface area contributed by atoms with E-state index in [1.54, 1.807) is 12.1 Å². The summed E-state index contributed by atoms with van der Waals surface area (Å²) in [7, 11) is 0. The number of nitrogens with one attached hydrogen (secondary N) is 1. The van der Waals surface area contributed by atoms with Crippen molar-refractivity contribution < 1.29 is 27.6 Å². The van der Waals surface area contributed by atoms with Gasteiger partial charge >= 0.3 is 6.18 Å². The van der Waals surface area contributed by atoms with Crippen LogP contribution >= 0.6 is 0 Å². The van der Waals surface area contributed by atoms with Crippen LogP contribution in [0.1, 0.15) is 43.2 Å². The molecule has 0 fully saturated rings. The molecule has 2 amide bonds. The lowest BCUT2D eigenvalue weighted by atomic mass is 10.1. The molecule has 0 aliphatic rings. The number of nitrogens with two attached hydrogens (primary N) is 1. The van der Waals surface area contributed by atoms with E-state index < -0.39 is 29.3 Å². The minimum Gasteiger partial charge on any atom is -0.366 e. The SMILES string of the molecule is Cc1nn(-c2cccc(C(F)(F)F)c2)c(C)c1C(=O)C(=O)NCc1cccc(C(N)=O)c1. The summed E-state index contributed by atoms with van der Waals surface area (Å²) < 4.78 is 40.3. The zero-order valence-electron chi connectivity index (χ0n) is 17.2. The Labute approximate surface area is 181 Å². The summed E-state index contributed by atoms with van der Waals surface area (Å²) in [5, 5.41) is 6.62. The largest absolute Gasteiger partial charge is 0.416 e. The summed E-state index contributed by atoms with van der Waals surface area (Å²) in [5.74, 6) is -2.41. The smallest absolute Gasteiger partial charge is 0.366 e.